The molecule has 2 aromatic rings. The minimum Gasteiger partial charge on any atom is -0.370 e. The van der Waals surface area contributed by atoms with Gasteiger partial charge in [-0.15, -0.1) is 0 Å². The molecular weight excluding hydrogens is 232 g/mol. The van der Waals surface area contributed by atoms with Crippen LogP contribution in [-0.4, -0.2) is 39.2 Å². The second-order valence-electron chi connectivity index (χ2n) is 4.65. The average Bonchev–Trinajstić information content (AvgIpc) is 2.97. The van der Waals surface area contributed by atoms with Crippen LogP contribution in [0, 0.1) is 12.8 Å². The Balaban J connectivity index is 1.81. The maximum absolute atomic E-state index is 11.5. The van der Waals surface area contributed by atoms with Gasteiger partial charge in [-0.3, -0.25) is 0 Å². The number of aryl methyl sites for hydroxylation is 1. The zero-order valence-corrected chi connectivity index (χ0v) is 10.2. The third-order valence-electron chi connectivity index (χ3n) is 3.30. The molecule has 1 aliphatic heterocycles. The van der Waals surface area contributed by atoms with E-state index in [1.54, 1.807) is 13.0 Å². The van der Waals surface area contributed by atoms with Crippen molar-refractivity contribution in [3.05, 3.63) is 22.4 Å². The molecule has 0 saturated carbocycles. The highest BCUT2D eigenvalue weighted by atomic mass is 16.1. The number of hydrogen-bond acceptors (Lipinski definition) is 5. The maximum atomic E-state index is 11.5. The second kappa shape index (κ2) is 4.41. The lowest BCUT2D eigenvalue weighted by Crippen LogP contribution is -2.19. The van der Waals surface area contributed by atoms with E-state index < -0.39 is 0 Å². The Morgan fingerprint density at radius 2 is 2.50 bits per heavy atom. The van der Waals surface area contributed by atoms with Crippen molar-refractivity contribution in [3.63, 3.8) is 0 Å². The first-order valence-electron chi connectivity index (χ1n) is 6.13. The first-order valence-corrected chi connectivity index (χ1v) is 6.13. The van der Waals surface area contributed by atoms with E-state index in [1.165, 1.54) is 10.8 Å². The number of rotatable bonds is 3. The Hall–Kier alpha value is -1.89. The van der Waals surface area contributed by atoms with Gasteiger partial charge in [0.05, 0.1) is 0 Å². The molecule has 1 unspecified atom stereocenters. The lowest BCUT2D eigenvalue weighted by molar-refractivity contribution is 0.614. The van der Waals surface area contributed by atoms with Crippen molar-refractivity contribution in [2.24, 2.45) is 5.92 Å². The second-order valence-corrected chi connectivity index (χ2v) is 4.65. The van der Waals surface area contributed by atoms with Crippen molar-refractivity contribution in [1.29, 1.82) is 0 Å². The van der Waals surface area contributed by atoms with Crippen LogP contribution in [0.2, 0.25) is 0 Å². The third kappa shape index (κ3) is 1.97. The van der Waals surface area contributed by atoms with Crippen LogP contribution in [0.25, 0.3) is 5.65 Å². The van der Waals surface area contributed by atoms with E-state index in [-0.39, 0.29) is 5.69 Å². The van der Waals surface area contributed by atoms with E-state index in [0.29, 0.717) is 17.4 Å². The molecule has 7 heteroatoms. The van der Waals surface area contributed by atoms with Crippen molar-refractivity contribution < 1.29 is 0 Å². The van der Waals surface area contributed by atoms with Gasteiger partial charge in [-0.05, 0) is 32.4 Å². The van der Waals surface area contributed by atoms with Gasteiger partial charge in [-0.1, -0.05) is 0 Å². The summed E-state index contributed by atoms with van der Waals surface area (Å²) in [6, 6.07) is 1.78. The maximum Gasteiger partial charge on any atom is 0.349 e. The van der Waals surface area contributed by atoms with Gasteiger partial charge in [0, 0.05) is 12.6 Å². The highest BCUT2D eigenvalue weighted by molar-refractivity contribution is 5.49. The van der Waals surface area contributed by atoms with Gasteiger partial charge >= 0.3 is 5.69 Å². The highest BCUT2D eigenvalue weighted by Gasteiger charge is 2.14. The molecule has 96 valence electrons. The van der Waals surface area contributed by atoms with Crippen LogP contribution in [0.15, 0.2) is 10.9 Å². The third-order valence-corrected chi connectivity index (χ3v) is 3.30. The minimum absolute atomic E-state index is 0.249. The Morgan fingerprint density at radius 3 is 3.28 bits per heavy atom. The summed E-state index contributed by atoms with van der Waals surface area (Å²) in [6.45, 7) is 4.83. The quantitative estimate of drug-likeness (QED) is 0.697. The highest BCUT2D eigenvalue weighted by Crippen LogP contribution is 2.11. The summed E-state index contributed by atoms with van der Waals surface area (Å²) in [5.41, 5.74) is 0.348. The summed E-state index contributed by atoms with van der Waals surface area (Å²) in [6.07, 6.45) is 1.19. The predicted molar refractivity (Wildman–Crippen MR) is 67.8 cm³/mol. The van der Waals surface area contributed by atoms with Crippen LogP contribution in [0.1, 0.15) is 12.2 Å². The molecule has 2 aromatic heterocycles. The van der Waals surface area contributed by atoms with Crippen LogP contribution in [0.3, 0.4) is 0 Å². The molecule has 18 heavy (non-hydrogen) atoms. The normalized spacial score (nSPS) is 19.5. The number of aromatic amines is 1. The van der Waals surface area contributed by atoms with E-state index in [4.69, 9.17) is 0 Å². The molecule has 1 saturated heterocycles. The van der Waals surface area contributed by atoms with Crippen LogP contribution in [-0.2, 0) is 0 Å². The van der Waals surface area contributed by atoms with E-state index in [1.807, 2.05) is 0 Å². The summed E-state index contributed by atoms with van der Waals surface area (Å²) in [7, 11) is 0. The number of fused-ring (bicyclic) bond motifs is 1. The Bertz CT molecular complexity index is 610. The number of H-pyrrole nitrogens is 1. The number of nitrogens with zero attached hydrogens (tertiary/aromatic N) is 3. The summed E-state index contributed by atoms with van der Waals surface area (Å²) in [4.78, 5) is 15.8. The van der Waals surface area contributed by atoms with Gasteiger partial charge < -0.3 is 10.6 Å². The van der Waals surface area contributed by atoms with Gasteiger partial charge in [-0.2, -0.15) is 5.10 Å². The smallest absolute Gasteiger partial charge is 0.349 e. The fourth-order valence-corrected chi connectivity index (χ4v) is 2.33. The molecule has 1 atom stereocenters. The fraction of sp³-hybridized carbons (Fsp3) is 0.545. The Labute approximate surface area is 104 Å². The molecule has 1 aliphatic rings. The number of hydrogen-bond donors (Lipinski definition) is 3. The molecule has 0 amide bonds. The summed E-state index contributed by atoms with van der Waals surface area (Å²) in [5, 5.41) is 13.0. The molecule has 0 aromatic carbocycles. The molecule has 0 bridgehead atoms. The summed E-state index contributed by atoms with van der Waals surface area (Å²) < 4.78 is 1.46. The molecule has 0 aliphatic carbocycles. The standard InChI is InChI=1S/C11H16N6O/c1-7-14-9(13-6-8-2-3-12-5-8)4-10-15-16-11(18)17(7)10/h4,8,12-13H,2-3,5-6H2,1H3,(H,16,18). The molecule has 7 nitrogen and oxygen atoms in total. The zero-order valence-electron chi connectivity index (χ0n) is 10.2. The van der Waals surface area contributed by atoms with E-state index in [2.05, 4.69) is 25.8 Å². The van der Waals surface area contributed by atoms with Crippen molar-refractivity contribution >= 4 is 11.5 Å². The Morgan fingerprint density at radius 1 is 1.61 bits per heavy atom. The lowest BCUT2D eigenvalue weighted by Gasteiger charge is -2.11. The van der Waals surface area contributed by atoms with Crippen molar-refractivity contribution in [2.45, 2.75) is 13.3 Å². The number of nitrogens with one attached hydrogen (secondary N) is 3. The van der Waals surface area contributed by atoms with Crippen LogP contribution >= 0.6 is 0 Å². The van der Waals surface area contributed by atoms with Gasteiger partial charge in [0.15, 0.2) is 5.65 Å². The molecule has 3 rings (SSSR count). The van der Waals surface area contributed by atoms with E-state index >= 15 is 0 Å². The first-order chi connectivity index (χ1) is 8.74. The van der Waals surface area contributed by atoms with Crippen molar-refractivity contribution in [1.82, 2.24) is 24.9 Å². The number of aromatic nitrogens is 4. The molecular formula is C11H16N6O. The zero-order chi connectivity index (χ0) is 12.5. The van der Waals surface area contributed by atoms with E-state index in [9.17, 15) is 4.79 Å². The van der Waals surface area contributed by atoms with Crippen molar-refractivity contribution in [3.8, 4) is 0 Å². The monoisotopic (exact) mass is 248 g/mol. The Kier molecular flexibility index (Phi) is 2.75. The van der Waals surface area contributed by atoms with Crippen LogP contribution < -0.4 is 16.3 Å². The van der Waals surface area contributed by atoms with Crippen molar-refractivity contribution in [2.75, 3.05) is 25.0 Å². The SMILES string of the molecule is Cc1nc(NCC2CCNC2)cc2n[nH]c(=O)n12. The average molecular weight is 248 g/mol. The topological polar surface area (TPSA) is 87.1 Å². The molecule has 1 fully saturated rings. The van der Waals surface area contributed by atoms with Crippen LogP contribution in [0.4, 0.5) is 5.82 Å². The van der Waals surface area contributed by atoms with Gasteiger partial charge in [0.2, 0.25) is 0 Å². The molecule has 3 heterocycles. The van der Waals surface area contributed by atoms with Gasteiger partial charge in [-0.25, -0.2) is 19.3 Å². The van der Waals surface area contributed by atoms with Crippen LogP contribution in [0.5, 0.6) is 0 Å². The molecule has 0 spiro atoms. The predicted octanol–water partition coefficient (Wildman–Crippen LogP) is -0.253. The molecule has 3 N–H and O–H groups in total. The molecule has 0 radical (unpaired) electrons. The minimum atomic E-state index is -0.249. The van der Waals surface area contributed by atoms with Gasteiger partial charge in [0.25, 0.3) is 0 Å². The van der Waals surface area contributed by atoms with E-state index in [0.717, 1.165) is 25.5 Å². The first kappa shape index (κ1) is 11.2. The summed E-state index contributed by atoms with van der Waals surface area (Å²) in [5.74, 6) is 2.05. The largest absolute Gasteiger partial charge is 0.370 e. The van der Waals surface area contributed by atoms with Gasteiger partial charge in [0.1, 0.15) is 11.6 Å². The fourth-order valence-electron chi connectivity index (χ4n) is 2.33. The summed E-state index contributed by atoms with van der Waals surface area (Å²) >= 11 is 0. The lowest BCUT2D eigenvalue weighted by atomic mass is 10.1. The number of anilines is 1.